The van der Waals surface area contributed by atoms with E-state index in [1.165, 1.54) is 10.1 Å². The minimum Gasteiger partial charge on any atom is -0.408 e. The van der Waals surface area contributed by atoms with Gasteiger partial charge in [-0.05, 0) is 37.4 Å². The zero-order chi connectivity index (χ0) is 19.4. The van der Waals surface area contributed by atoms with E-state index in [1.54, 1.807) is 18.2 Å². The molecular formula is C20H22ClN3O3. The van der Waals surface area contributed by atoms with E-state index in [-0.39, 0.29) is 18.9 Å². The second-order valence-corrected chi connectivity index (χ2v) is 7.10. The standard InChI is InChI=1S/C20H22ClN3O3/c1-23(2)13-15-6-4-3-5-14(15)12-22-19(25)9-10-24-17-8-7-16(21)11-18(17)27-20(24)26/h3-8,11H,9-10,12-13H2,1-2H3,(H,22,25). The Labute approximate surface area is 162 Å². The summed E-state index contributed by atoms with van der Waals surface area (Å²) in [7, 11) is 4.02. The number of oxazole rings is 1. The highest BCUT2D eigenvalue weighted by atomic mass is 35.5. The third-order valence-electron chi connectivity index (χ3n) is 4.27. The van der Waals surface area contributed by atoms with E-state index in [2.05, 4.69) is 16.3 Å². The number of rotatable bonds is 7. The summed E-state index contributed by atoms with van der Waals surface area (Å²) in [5.41, 5.74) is 3.32. The summed E-state index contributed by atoms with van der Waals surface area (Å²) in [6.07, 6.45) is 0.188. The summed E-state index contributed by atoms with van der Waals surface area (Å²) in [5, 5.41) is 3.42. The van der Waals surface area contributed by atoms with Crippen LogP contribution in [0.4, 0.5) is 0 Å². The van der Waals surface area contributed by atoms with Crippen LogP contribution in [-0.4, -0.2) is 29.5 Å². The van der Waals surface area contributed by atoms with Crippen LogP contribution in [-0.2, 0) is 24.4 Å². The van der Waals surface area contributed by atoms with Crippen molar-refractivity contribution in [3.63, 3.8) is 0 Å². The predicted octanol–water partition coefficient (Wildman–Crippen LogP) is 3.02. The number of nitrogens with one attached hydrogen (secondary N) is 1. The van der Waals surface area contributed by atoms with Crippen LogP contribution in [0.2, 0.25) is 5.02 Å². The van der Waals surface area contributed by atoms with Gasteiger partial charge in [0.2, 0.25) is 5.91 Å². The van der Waals surface area contributed by atoms with Crippen molar-refractivity contribution in [2.75, 3.05) is 14.1 Å². The van der Waals surface area contributed by atoms with Crippen LogP contribution in [0, 0.1) is 0 Å². The van der Waals surface area contributed by atoms with Crippen LogP contribution < -0.4 is 11.1 Å². The first-order chi connectivity index (χ1) is 12.9. The minimum absolute atomic E-state index is 0.120. The number of benzene rings is 2. The van der Waals surface area contributed by atoms with E-state index in [0.29, 0.717) is 22.7 Å². The number of halogens is 1. The Hall–Kier alpha value is -2.57. The molecule has 0 atom stereocenters. The molecule has 2 aromatic carbocycles. The molecule has 0 aliphatic heterocycles. The van der Waals surface area contributed by atoms with Crippen LogP contribution in [0.15, 0.2) is 51.7 Å². The van der Waals surface area contributed by atoms with Gasteiger partial charge in [0, 0.05) is 37.1 Å². The monoisotopic (exact) mass is 387 g/mol. The van der Waals surface area contributed by atoms with Crippen LogP contribution in [0.25, 0.3) is 11.1 Å². The van der Waals surface area contributed by atoms with Crippen LogP contribution in [0.1, 0.15) is 17.5 Å². The third kappa shape index (κ3) is 4.78. The zero-order valence-corrected chi connectivity index (χ0v) is 16.1. The zero-order valence-electron chi connectivity index (χ0n) is 15.4. The largest absolute Gasteiger partial charge is 0.419 e. The molecule has 27 heavy (non-hydrogen) atoms. The van der Waals surface area contributed by atoms with Gasteiger partial charge in [0.25, 0.3) is 0 Å². The molecule has 7 heteroatoms. The molecule has 3 rings (SSSR count). The number of fused-ring (bicyclic) bond motifs is 1. The highest BCUT2D eigenvalue weighted by Crippen LogP contribution is 2.18. The maximum atomic E-state index is 12.3. The summed E-state index contributed by atoms with van der Waals surface area (Å²) >= 11 is 5.91. The van der Waals surface area contributed by atoms with Gasteiger partial charge in [-0.2, -0.15) is 0 Å². The van der Waals surface area contributed by atoms with E-state index < -0.39 is 5.76 Å². The molecule has 142 valence electrons. The highest BCUT2D eigenvalue weighted by molar-refractivity contribution is 6.31. The van der Waals surface area contributed by atoms with Crippen molar-refractivity contribution in [3.8, 4) is 0 Å². The Morgan fingerprint density at radius 3 is 2.67 bits per heavy atom. The minimum atomic E-state index is -0.489. The molecule has 0 saturated carbocycles. The molecule has 0 unspecified atom stereocenters. The van der Waals surface area contributed by atoms with Gasteiger partial charge in [0.05, 0.1) is 5.52 Å². The van der Waals surface area contributed by atoms with E-state index in [0.717, 1.165) is 12.1 Å². The van der Waals surface area contributed by atoms with Crippen molar-refractivity contribution in [1.82, 2.24) is 14.8 Å². The second kappa shape index (κ2) is 8.41. The first-order valence-electron chi connectivity index (χ1n) is 8.71. The summed E-state index contributed by atoms with van der Waals surface area (Å²) in [6.45, 7) is 1.52. The van der Waals surface area contributed by atoms with E-state index >= 15 is 0 Å². The van der Waals surface area contributed by atoms with Gasteiger partial charge >= 0.3 is 5.76 Å². The molecule has 1 amide bonds. The second-order valence-electron chi connectivity index (χ2n) is 6.66. The Morgan fingerprint density at radius 1 is 1.19 bits per heavy atom. The molecule has 1 heterocycles. The Bertz CT molecular complexity index is 1010. The van der Waals surface area contributed by atoms with E-state index in [1.807, 2.05) is 32.3 Å². The Morgan fingerprint density at radius 2 is 1.93 bits per heavy atom. The van der Waals surface area contributed by atoms with Crippen molar-refractivity contribution < 1.29 is 9.21 Å². The molecule has 0 spiro atoms. The average Bonchev–Trinajstić information content (AvgIpc) is 2.92. The summed E-state index contributed by atoms with van der Waals surface area (Å²) in [6, 6.07) is 13.0. The first kappa shape index (κ1) is 19.2. The van der Waals surface area contributed by atoms with Crippen LogP contribution in [0.3, 0.4) is 0 Å². The van der Waals surface area contributed by atoms with Crippen LogP contribution >= 0.6 is 11.6 Å². The fourth-order valence-corrected chi connectivity index (χ4v) is 3.13. The van der Waals surface area contributed by atoms with Gasteiger partial charge in [-0.3, -0.25) is 9.36 Å². The van der Waals surface area contributed by atoms with Crippen molar-refractivity contribution in [1.29, 1.82) is 0 Å². The molecule has 0 saturated heterocycles. The lowest BCUT2D eigenvalue weighted by molar-refractivity contribution is -0.121. The number of nitrogens with zero attached hydrogens (tertiary/aromatic N) is 2. The lowest BCUT2D eigenvalue weighted by Crippen LogP contribution is -2.26. The number of aryl methyl sites for hydroxylation is 1. The van der Waals surface area contributed by atoms with E-state index in [9.17, 15) is 9.59 Å². The van der Waals surface area contributed by atoms with Gasteiger partial charge in [-0.1, -0.05) is 35.9 Å². The van der Waals surface area contributed by atoms with Crippen molar-refractivity contribution in [2.45, 2.75) is 26.1 Å². The van der Waals surface area contributed by atoms with Gasteiger partial charge < -0.3 is 14.6 Å². The van der Waals surface area contributed by atoms with Gasteiger partial charge in [0.15, 0.2) is 5.58 Å². The SMILES string of the molecule is CN(C)Cc1ccccc1CNC(=O)CCn1c(=O)oc2cc(Cl)ccc21. The van der Waals surface area contributed by atoms with Crippen LogP contribution in [0.5, 0.6) is 0 Å². The number of carbonyl (C=O) groups excluding carboxylic acids is 1. The molecule has 6 nitrogen and oxygen atoms in total. The first-order valence-corrected chi connectivity index (χ1v) is 9.09. The topological polar surface area (TPSA) is 67.5 Å². The average molecular weight is 388 g/mol. The summed E-state index contributed by atoms with van der Waals surface area (Å²) in [5.74, 6) is -0.610. The quantitative estimate of drug-likeness (QED) is 0.676. The smallest absolute Gasteiger partial charge is 0.408 e. The number of aromatic nitrogens is 1. The van der Waals surface area contributed by atoms with Crippen molar-refractivity contribution in [3.05, 3.63) is 69.2 Å². The third-order valence-corrected chi connectivity index (χ3v) is 4.51. The lowest BCUT2D eigenvalue weighted by atomic mass is 10.1. The lowest BCUT2D eigenvalue weighted by Gasteiger charge is -2.14. The molecule has 1 aromatic heterocycles. The molecule has 0 radical (unpaired) electrons. The van der Waals surface area contributed by atoms with E-state index in [4.69, 9.17) is 16.0 Å². The number of carbonyl (C=O) groups is 1. The number of hydrogen-bond donors (Lipinski definition) is 1. The van der Waals surface area contributed by atoms with Gasteiger partial charge in [-0.15, -0.1) is 0 Å². The molecule has 0 aliphatic rings. The summed E-state index contributed by atoms with van der Waals surface area (Å²) < 4.78 is 6.63. The maximum absolute atomic E-state index is 12.3. The van der Waals surface area contributed by atoms with Gasteiger partial charge in [-0.25, -0.2) is 4.79 Å². The maximum Gasteiger partial charge on any atom is 0.419 e. The fraction of sp³-hybridized carbons (Fsp3) is 0.300. The van der Waals surface area contributed by atoms with Crippen molar-refractivity contribution >= 4 is 28.6 Å². The number of amides is 1. The molecule has 3 aromatic rings. The fourth-order valence-electron chi connectivity index (χ4n) is 2.97. The molecule has 0 fully saturated rings. The Balaban J connectivity index is 1.61. The van der Waals surface area contributed by atoms with Gasteiger partial charge in [0.1, 0.15) is 0 Å². The van der Waals surface area contributed by atoms with Crippen molar-refractivity contribution in [2.24, 2.45) is 0 Å². The normalized spacial score (nSPS) is 11.3. The molecule has 0 aliphatic carbocycles. The summed E-state index contributed by atoms with van der Waals surface area (Å²) in [4.78, 5) is 26.4. The molecular weight excluding hydrogens is 366 g/mol. The Kier molecular flexibility index (Phi) is 5.98. The molecule has 0 bridgehead atoms. The predicted molar refractivity (Wildman–Crippen MR) is 106 cm³/mol. The highest BCUT2D eigenvalue weighted by Gasteiger charge is 2.12. The molecule has 1 N–H and O–H groups in total. The number of hydrogen-bond acceptors (Lipinski definition) is 4.